The molecule has 18 heavy (non-hydrogen) atoms. The summed E-state index contributed by atoms with van der Waals surface area (Å²) < 4.78 is 12.1. The van der Waals surface area contributed by atoms with Gasteiger partial charge in [-0.2, -0.15) is 0 Å². The summed E-state index contributed by atoms with van der Waals surface area (Å²) in [4.78, 5) is 3.28. The zero-order valence-electron chi connectivity index (χ0n) is 10.3. The van der Waals surface area contributed by atoms with Crippen LogP contribution < -0.4 is 4.74 Å². The maximum absolute atomic E-state index is 5.73. The van der Waals surface area contributed by atoms with Crippen molar-refractivity contribution in [2.45, 2.75) is 11.3 Å². The Morgan fingerprint density at radius 3 is 2.83 bits per heavy atom. The van der Waals surface area contributed by atoms with E-state index in [0.29, 0.717) is 0 Å². The highest BCUT2D eigenvalue weighted by molar-refractivity contribution is 9.10. The number of benzene rings is 1. The van der Waals surface area contributed by atoms with E-state index in [1.807, 2.05) is 18.2 Å². The zero-order chi connectivity index (χ0) is 12.8. The van der Waals surface area contributed by atoms with Gasteiger partial charge in [-0.15, -0.1) is 12.6 Å². The molecular weight excluding hydrogens is 314 g/mol. The fourth-order valence-electron chi connectivity index (χ4n) is 1.91. The second kappa shape index (κ2) is 7.38. The Balaban J connectivity index is 1.68. The zero-order valence-corrected chi connectivity index (χ0v) is 12.8. The molecule has 0 amide bonds. The SMILES string of the molecule is Sc1cc(Br)ccc1OCCCN1CCOCC1. The largest absolute Gasteiger partial charge is 0.492 e. The number of halogens is 1. The lowest BCUT2D eigenvalue weighted by Gasteiger charge is -2.26. The highest BCUT2D eigenvalue weighted by atomic mass is 79.9. The topological polar surface area (TPSA) is 21.7 Å². The summed E-state index contributed by atoms with van der Waals surface area (Å²) >= 11 is 7.80. The van der Waals surface area contributed by atoms with E-state index < -0.39 is 0 Å². The van der Waals surface area contributed by atoms with E-state index in [-0.39, 0.29) is 0 Å². The molecule has 100 valence electrons. The van der Waals surface area contributed by atoms with E-state index in [1.165, 1.54) is 0 Å². The third kappa shape index (κ3) is 4.46. The van der Waals surface area contributed by atoms with Crippen LogP contribution in [0.15, 0.2) is 27.6 Å². The minimum Gasteiger partial charge on any atom is -0.492 e. The van der Waals surface area contributed by atoms with Crippen LogP contribution in [0.4, 0.5) is 0 Å². The van der Waals surface area contributed by atoms with Crippen molar-refractivity contribution in [1.82, 2.24) is 4.90 Å². The summed E-state index contributed by atoms with van der Waals surface area (Å²) in [6, 6.07) is 5.86. The van der Waals surface area contributed by atoms with Crippen LogP contribution >= 0.6 is 28.6 Å². The Labute approximate surface area is 122 Å². The monoisotopic (exact) mass is 331 g/mol. The first-order valence-corrected chi connectivity index (χ1v) is 7.41. The molecule has 1 fully saturated rings. The van der Waals surface area contributed by atoms with Crippen LogP contribution in [-0.2, 0) is 4.74 Å². The predicted octanol–water partition coefficient (Wildman–Crippen LogP) is 2.84. The van der Waals surface area contributed by atoms with Crippen molar-refractivity contribution in [2.75, 3.05) is 39.5 Å². The number of thiol groups is 1. The van der Waals surface area contributed by atoms with Gasteiger partial charge in [0.1, 0.15) is 5.75 Å². The van der Waals surface area contributed by atoms with Crippen molar-refractivity contribution >= 4 is 28.6 Å². The molecule has 0 aliphatic carbocycles. The van der Waals surface area contributed by atoms with Crippen LogP contribution in [0.25, 0.3) is 0 Å². The number of nitrogens with zero attached hydrogens (tertiary/aromatic N) is 1. The quantitative estimate of drug-likeness (QED) is 0.662. The molecule has 1 heterocycles. The van der Waals surface area contributed by atoms with Crippen LogP contribution in [0.5, 0.6) is 5.75 Å². The molecule has 3 nitrogen and oxygen atoms in total. The molecule has 0 N–H and O–H groups in total. The number of hydrogen-bond acceptors (Lipinski definition) is 4. The van der Waals surface area contributed by atoms with Crippen LogP contribution in [-0.4, -0.2) is 44.4 Å². The highest BCUT2D eigenvalue weighted by Gasteiger charge is 2.09. The second-order valence-electron chi connectivity index (χ2n) is 4.27. The first kappa shape index (κ1) is 14.2. The number of hydrogen-bond donors (Lipinski definition) is 1. The van der Waals surface area contributed by atoms with E-state index in [2.05, 4.69) is 33.5 Å². The second-order valence-corrected chi connectivity index (χ2v) is 5.67. The fraction of sp³-hybridized carbons (Fsp3) is 0.538. The van der Waals surface area contributed by atoms with Gasteiger partial charge in [-0.3, -0.25) is 4.90 Å². The molecule has 0 unspecified atom stereocenters. The summed E-state index contributed by atoms with van der Waals surface area (Å²) in [7, 11) is 0. The van der Waals surface area contributed by atoms with Crippen LogP contribution in [0, 0.1) is 0 Å². The lowest BCUT2D eigenvalue weighted by atomic mass is 10.3. The Bertz CT molecular complexity index is 383. The molecular formula is C13H18BrNO2S. The first-order valence-electron chi connectivity index (χ1n) is 6.17. The van der Waals surface area contributed by atoms with Crippen molar-refractivity contribution in [3.63, 3.8) is 0 Å². The molecule has 1 aromatic carbocycles. The van der Waals surface area contributed by atoms with Crippen molar-refractivity contribution < 1.29 is 9.47 Å². The smallest absolute Gasteiger partial charge is 0.132 e. The Hall–Kier alpha value is -0.230. The van der Waals surface area contributed by atoms with Crippen LogP contribution in [0.1, 0.15) is 6.42 Å². The molecule has 0 aromatic heterocycles. The van der Waals surface area contributed by atoms with E-state index in [4.69, 9.17) is 9.47 Å². The molecule has 0 saturated carbocycles. The van der Waals surface area contributed by atoms with Gasteiger partial charge in [0.25, 0.3) is 0 Å². The van der Waals surface area contributed by atoms with Crippen molar-refractivity contribution in [3.05, 3.63) is 22.7 Å². The third-order valence-corrected chi connectivity index (χ3v) is 3.74. The number of rotatable bonds is 5. The third-order valence-electron chi connectivity index (χ3n) is 2.90. The molecule has 0 spiro atoms. The van der Waals surface area contributed by atoms with Crippen molar-refractivity contribution in [2.24, 2.45) is 0 Å². The Morgan fingerprint density at radius 2 is 2.11 bits per heavy atom. The average molecular weight is 332 g/mol. The molecule has 2 rings (SSSR count). The number of ether oxygens (including phenoxy) is 2. The summed E-state index contributed by atoms with van der Waals surface area (Å²) in [6.07, 6.45) is 1.03. The average Bonchev–Trinajstić information content (AvgIpc) is 2.38. The molecule has 1 saturated heterocycles. The van der Waals surface area contributed by atoms with Gasteiger partial charge < -0.3 is 9.47 Å². The Morgan fingerprint density at radius 1 is 1.33 bits per heavy atom. The highest BCUT2D eigenvalue weighted by Crippen LogP contribution is 2.26. The van der Waals surface area contributed by atoms with Gasteiger partial charge in [-0.25, -0.2) is 0 Å². The lowest BCUT2D eigenvalue weighted by molar-refractivity contribution is 0.0357. The summed E-state index contributed by atoms with van der Waals surface area (Å²) in [5.41, 5.74) is 0. The normalized spacial score (nSPS) is 16.8. The summed E-state index contributed by atoms with van der Waals surface area (Å²) in [5.74, 6) is 0.850. The molecule has 1 aliphatic rings. The minimum atomic E-state index is 0.729. The predicted molar refractivity (Wildman–Crippen MR) is 78.8 cm³/mol. The van der Waals surface area contributed by atoms with Gasteiger partial charge >= 0.3 is 0 Å². The Kier molecular flexibility index (Phi) is 5.82. The molecule has 0 bridgehead atoms. The first-order chi connectivity index (χ1) is 8.75. The molecule has 0 atom stereocenters. The summed E-state index contributed by atoms with van der Waals surface area (Å²) in [6.45, 7) is 5.59. The maximum Gasteiger partial charge on any atom is 0.132 e. The standard InChI is InChI=1S/C13H18BrNO2S/c14-11-2-3-12(13(18)10-11)17-7-1-4-15-5-8-16-9-6-15/h2-3,10,18H,1,4-9H2. The van der Waals surface area contributed by atoms with Crippen molar-refractivity contribution in [1.29, 1.82) is 0 Å². The number of morpholine rings is 1. The van der Waals surface area contributed by atoms with E-state index in [1.54, 1.807) is 0 Å². The summed E-state index contributed by atoms with van der Waals surface area (Å²) in [5, 5.41) is 0. The van der Waals surface area contributed by atoms with Gasteiger partial charge in [0.15, 0.2) is 0 Å². The minimum absolute atomic E-state index is 0.729. The van der Waals surface area contributed by atoms with Gasteiger partial charge in [-0.1, -0.05) is 15.9 Å². The molecule has 0 radical (unpaired) electrons. The van der Waals surface area contributed by atoms with Gasteiger partial charge in [0.2, 0.25) is 0 Å². The van der Waals surface area contributed by atoms with E-state index in [0.717, 1.165) is 61.0 Å². The molecule has 1 aliphatic heterocycles. The molecule has 5 heteroatoms. The maximum atomic E-state index is 5.73. The van der Waals surface area contributed by atoms with Gasteiger partial charge in [0.05, 0.1) is 19.8 Å². The fourth-order valence-corrected chi connectivity index (χ4v) is 2.72. The van der Waals surface area contributed by atoms with Crippen LogP contribution in [0.3, 0.4) is 0 Å². The lowest BCUT2D eigenvalue weighted by Crippen LogP contribution is -2.37. The van der Waals surface area contributed by atoms with Crippen molar-refractivity contribution in [3.8, 4) is 5.75 Å². The van der Waals surface area contributed by atoms with Gasteiger partial charge in [0, 0.05) is 29.0 Å². The molecule has 1 aromatic rings. The van der Waals surface area contributed by atoms with E-state index in [9.17, 15) is 0 Å². The van der Waals surface area contributed by atoms with Crippen LogP contribution in [0.2, 0.25) is 0 Å². The van der Waals surface area contributed by atoms with E-state index >= 15 is 0 Å². The van der Waals surface area contributed by atoms with Gasteiger partial charge in [-0.05, 0) is 24.6 Å².